The number of carbonyl (C=O) groups is 2. The third-order valence-corrected chi connectivity index (χ3v) is 5.15. The number of benzene rings is 1. The molecule has 132 valence electrons. The van der Waals surface area contributed by atoms with E-state index in [2.05, 4.69) is 17.6 Å². The highest BCUT2D eigenvalue weighted by atomic mass is 16.2. The first-order valence-corrected chi connectivity index (χ1v) is 8.81. The van der Waals surface area contributed by atoms with Gasteiger partial charge in [0.25, 0.3) is 0 Å². The highest BCUT2D eigenvalue weighted by Gasteiger charge is 2.26. The van der Waals surface area contributed by atoms with Crippen LogP contribution < -0.4 is 10.6 Å². The number of rotatable bonds is 4. The van der Waals surface area contributed by atoms with Crippen molar-refractivity contribution in [2.24, 2.45) is 5.92 Å². The summed E-state index contributed by atoms with van der Waals surface area (Å²) in [6.07, 6.45) is 6.25. The largest absolute Gasteiger partial charge is 0.326 e. The van der Waals surface area contributed by atoms with Crippen molar-refractivity contribution >= 4 is 23.3 Å². The molecule has 0 spiro atoms. The van der Waals surface area contributed by atoms with Crippen LogP contribution in [0.25, 0.3) is 0 Å². The van der Waals surface area contributed by atoms with Crippen LogP contribution in [0.2, 0.25) is 0 Å². The van der Waals surface area contributed by atoms with Crippen LogP contribution in [-0.2, 0) is 4.79 Å². The van der Waals surface area contributed by atoms with E-state index in [0.29, 0.717) is 5.92 Å². The van der Waals surface area contributed by atoms with Gasteiger partial charge in [-0.15, -0.1) is 0 Å². The molecule has 1 aliphatic carbocycles. The van der Waals surface area contributed by atoms with Gasteiger partial charge in [0, 0.05) is 31.4 Å². The van der Waals surface area contributed by atoms with Gasteiger partial charge in [0.2, 0.25) is 5.91 Å². The van der Waals surface area contributed by atoms with E-state index >= 15 is 0 Å². The Morgan fingerprint density at radius 3 is 2.29 bits per heavy atom. The van der Waals surface area contributed by atoms with E-state index in [1.165, 1.54) is 39.0 Å². The lowest BCUT2D eigenvalue weighted by Crippen LogP contribution is -2.42. The molecule has 0 aliphatic heterocycles. The van der Waals surface area contributed by atoms with Gasteiger partial charge in [0.15, 0.2) is 0 Å². The van der Waals surface area contributed by atoms with Crippen molar-refractivity contribution in [2.45, 2.75) is 58.9 Å². The molecule has 0 unspecified atom stereocenters. The molecule has 1 aromatic carbocycles. The molecule has 2 N–H and O–H groups in total. The van der Waals surface area contributed by atoms with Gasteiger partial charge in [0.05, 0.1) is 0 Å². The molecule has 0 saturated heterocycles. The molecule has 3 amide bonds. The van der Waals surface area contributed by atoms with Crippen LogP contribution in [0.5, 0.6) is 0 Å². The predicted molar refractivity (Wildman–Crippen MR) is 98.3 cm³/mol. The van der Waals surface area contributed by atoms with E-state index in [1.807, 2.05) is 32.2 Å². The maximum Gasteiger partial charge on any atom is 0.321 e. The molecule has 2 rings (SSSR count). The minimum absolute atomic E-state index is 0.101. The Bertz CT molecular complexity index is 594. The summed E-state index contributed by atoms with van der Waals surface area (Å²) < 4.78 is 0. The second-order valence-corrected chi connectivity index (χ2v) is 6.84. The molecule has 0 bridgehead atoms. The van der Waals surface area contributed by atoms with Crippen LogP contribution in [0.15, 0.2) is 18.2 Å². The van der Waals surface area contributed by atoms with Crippen molar-refractivity contribution in [1.82, 2.24) is 4.90 Å². The first-order chi connectivity index (χ1) is 11.4. The Kier molecular flexibility index (Phi) is 6.23. The maximum absolute atomic E-state index is 12.6. The Hall–Kier alpha value is -2.04. The van der Waals surface area contributed by atoms with E-state index in [-0.39, 0.29) is 18.0 Å². The maximum atomic E-state index is 12.6. The lowest BCUT2D eigenvalue weighted by Gasteiger charge is -2.34. The van der Waals surface area contributed by atoms with Gasteiger partial charge < -0.3 is 15.5 Å². The summed E-state index contributed by atoms with van der Waals surface area (Å²) in [6, 6.07) is 5.65. The molecule has 5 nitrogen and oxygen atoms in total. The molecule has 1 saturated carbocycles. The summed E-state index contributed by atoms with van der Waals surface area (Å²) in [5.74, 6) is 0.464. The summed E-state index contributed by atoms with van der Waals surface area (Å²) in [5.41, 5.74) is 2.32. The summed E-state index contributed by atoms with van der Waals surface area (Å²) >= 11 is 0. The molecule has 0 radical (unpaired) electrons. The van der Waals surface area contributed by atoms with Crippen LogP contribution in [0, 0.1) is 12.8 Å². The standard InChI is InChI=1S/C19H29N3O2/c1-13-17(20-15(3)23)11-8-12-18(13)21-19(24)22(4)14(2)16-9-6-5-7-10-16/h8,11-12,14,16H,5-7,9-10H2,1-4H3,(H,20,23)(H,21,24)/t14-/m1/s1. The number of carbonyl (C=O) groups excluding carboxylic acids is 2. The fourth-order valence-corrected chi connectivity index (χ4v) is 3.42. The first kappa shape index (κ1) is 18.3. The molecule has 0 aromatic heterocycles. The Morgan fingerprint density at radius 2 is 1.71 bits per heavy atom. The third kappa shape index (κ3) is 4.49. The van der Waals surface area contributed by atoms with Crippen molar-refractivity contribution in [2.75, 3.05) is 17.7 Å². The van der Waals surface area contributed by atoms with Gasteiger partial charge >= 0.3 is 6.03 Å². The van der Waals surface area contributed by atoms with E-state index in [9.17, 15) is 9.59 Å². The van der Waals surface area contributed by atoms with Gasteiger partial charge in [-0.05, 0) is 50.3 Å². The zero-order valence-electron chi connectivity index (χ0n) is 15.2. The lowest BCUT2D eigenvalue weighted by molar-refractivity contribution is -0.114. The number of amides is 3. The first-order valence-electron chi connectivity index (χ1n) is 8.81. The van der Waals surface area contributed by atoms with Crippen LogP contribution in [0.4, 0.5) is 16.2 Å². The highest BCUT2D eigenvalue weighted by molar-refractivity contribution is 5.94. The normalized spacial score (nSPS) is 16.3. The van der Waals surface area contributed by atoms with Crippen LogP contribution in [0.3, 0.4) is 0 Å². The third-order valence-electron chi connectivity index (χ3n) is 5.15. The van der Waals surface area contributed by atoms with Gasteiger partial charge in [0.1, 0.15) is 0 Å². The summed E-state index contributed by atoms with van der Waals surface area (Å²) in [4.78, 5) is 25.7. The molecule has 1 aliphatic rings. The molecule has 5 heteroatoms. The SMILES string of the molecule is CC(=O)Nc1cccc(NC(=O)N(C)[C@H](C)C2CCCCC2)c1C. The fraction of sp³-hybridized carbons (Fsp3) is 0.579. The zero-order chi connectivity index (χ0) is 17.7. The fourth-order valence-electron chi connectivity index (χ4n) is 3.42. The zero-order valence-corrected chi connectivity index (χ0v) is 15.2. The summed E-state index contributed by atoms with van der Waals surface area (Å²) in [5, 5.41) is 5.77. The number of nitrogens with zero attached hydrogens (tertiary/aromatic N) is 1. The monoisotopic (exact) mass is 331 g/mol. The quantitative estimate of drug-likeness (QED) is 0.860. The van der Waals surface area contributed by atoms with Gasteiger partial charge in [-0.2, -0.15) is 0 Å². The van der Waals surface area contributed by atoms with E-state index in [4.69, 9.17) is 0 Å². The molecule has 1 atom stereocenters. The Balaban J connectivity index is 2.04. The average molecular weight is 331 g/mol. The number of anilines is 2. The Morgan fingerprint density at radius 1 is 1.12 bits per heavy atom. The van der Waals surface area contributed by atoms with Crippen molar-refractivity contribution in [1.29, 1.82) is 0 Å². The molecule has 0 heterocycles. The van der Waals surface area contributed by atoms with Crippen molar-refractivity contribution in [3.05, 3.63) is 23.8 Å². The van der Waals surface area contributed by atoms with E-state index in [1.54, 1.807) is 4.90 Å². The Labute approximate surface area is 144 Å². The van der Waals surface area contributed by atoms with Crippen molar-refractivity contribution in [3.8, 4) is 0 Å². The number of hydrogen-bond acceptors (Lipinski definition) is 2. The van der Waals surface area contributed by atoms with Crippen LogP contribution in [0.1, 0.15) is 51.5 Å². The van der Waals surface area contributed by atoms with E-state index < -0.39 is 0 Å². The van der Waals surface area contributed by atoms with Gasteiger partial charge in [-0.25, -0.2) is 4.79 Å². The topological polar surface area (TPSA) is 61.4 Å². The summed E-state index contributed by atoms with van der Waals surface area (Å²) in [7, 11) is 1.86. The van der Waals surface area contributed by atoms with Crippen LogP contribution >= 0.6 is 0 Å². The van der Waals surface area contributed by atoms with Crippen LogP contribution in [-0.4, -0.2) is 29.9 Å². The summed E-state index contributed by atoms with van der Waals surface area (Å²) in [6.45, 7) is 5.51. The second kappa shape index (κ2) is 8.18. The van der Waals surface area contributed by atoms with Gasteiger partial charge in [-0.3, -0.25) is 4.79 Å². The predicted octanol–water partition coefficient (Wildman–Crippen LogP) is 4.39. The number of hydrogen-bond donors (Lipinski definition) is 2. The molecule has 1 aromatic rings. The van der Waals surface area contributed by atoms with Crippen molar-refractivity contribution in [3.63, 3.8) is 0 Å². The average Bonchev–Trinajstić information content (AvgIpc) is 2.57. The smallest absolute Gasteiger partial charge is 0.321 e. The van der Waals surface area contributed by atoms with Crippen molar-refractivity contribution < 1.29 is 9.59 Å². The van der Waals surface area contributed by atoms with Gasteiger partial charge in [-0.1, -0.05) is 25.3 Å². The molecular weight excluding hydrogens is 302 g/mol. The second-order valence-electron chi connectivity index (χ2n) is 6.84. The minimum atomic E-state index is -0.121. The molecule has 24 heavy (non-hydrogen) atoms. The number of urea groups is 1. The molecular formula is C19H29N3O2. The number of nitrogens with one attached hydrogen (secondary N) is 2. The van der Waals surface area contributed by atoms with E-state index in [0.717, 1.165) is 16.9 Å². The molecule has 1 fully saturated rings. The lowest BCUT2D eigenvalue weighted by atomic mass is 9.84. The minimum Gasteiger partial charge on any atom is -0.326 e. The highest BCUT2D eigenvalue weighted by Crippen LogP contribution is 2.29.